The second-order valence-electron chi connectivity index (χ2n) is 9.94. The Balaban J connectivity index is 1.86. The maximum atomic E-state index is 13.7. The maximum absolute atomic E-state index is 13.7. The molecule has 0 aliphatic carbocycles. The van der Waals surface area contributed by atoms with Gasteiger partial charge in [-0.05, 0) is 51.0 Å². The SMILES string of the molecule is COc1cccc(OC)c1-n1c(NS(=O)(=O)[C@@H](C)[C@H](C)c2ncc(C)cn2)nnc1C(C)(C)c1ccccc1. The lowest BCUT2D eigenvalue weighted by Crippen LogP contribution is -2.32. The summed E-state index contributed by atoms with van der Waals surface area (Å²) < 4.78 is 43.1. The Morgan fingerprint density at radius 3 is 2.05 bits per heavy atom. The number of benzene rings is 2. The van der Waals surface area contributed by atoms with E-state index < -0.39 is 26.6 Å². The molecule has 0 fully saturated rings. The van der Waals surface area contributed by atoms with Crippen molar-refractivity contribution in [3.8, 4) is 17.2 Å². The van der Waals surface area contributed by atoms with E-state index in [1.807, 2.05) is 51.1 Å². The smallest absolute Gasteiger partial charge is 0.243 e. The zero-order valence-corrected chi connectivity index (χ0v) is 24.0. The van der Waals surface area contributed by atoms with Gasteiger partial charge in [0.15, 0.2) is 0 Å². The highest BCUT2D eigenvalue weighted by molar-refractivity contribution is 7.93. The number of sulfonamides is 1. The molecule has 0 amide bonds. The van der Waals surface area contributed by atoms with E-state index in [0.717, 1.165) is 11.1 Å². The lowest BCUT2D eigenvalue weighted by Gasteiger charge is -2.27. The molecule has 0 spiro atoms. The Bertz CT molecular complexity index is 1510. The quantitative estimate of drug-likeness (QED) is 0.303. The molecule has 4 rings (SSSR count). The van der Waals surface area contributed by atoms with Gasteiger partial charge in [0.05, 0.1) is 24.9 Å². The van der Waals surface area contributed by atoms with Crippen molar-refractivity contribution in [1.82, 2.24) is 24.7 Å². The van der Waals surface area contributed by atoms with Crippen LogP contribution in [0.15, 0.2) is 60.9 Å². The van der Waals surface area contributed by atoms with E-state index in [0.29, 0.717) is 28.8 Å². The van der Waals surface area contributed by atoms with Crippen molar-refractivity contribution in [1.29, 1.82) is 0 Å². The first kappa shape index (κ1) is 28.0. The molecular formula is C28H34N6O4S. The van der Waals surface area contributed by atoms with Gasteiger partial charge in [-0.15, -0.1) is 10.2 Å². The summed E-state index contributed by atoms with van der Waals surface area (Å²) in [5, 5.41) is 7.95. The third kappa shape index (κ3) is 5.44. The molecule has 0 unspecified atom stereocenters. The number of aromatic nitrogens is 5. The number of ether oxygens (including phenoxy) is 2. The Hall–Kier alpha value is -3.99. The van der Waals surface area contributed by atoms with Crippen LogP contribution in [0.5, 0.6) is 11.5 Å². The number of para-hydroxylation sites is 1. The summed E-state index contributed by atoms with van der Waals surface area (Å²) in [6.07, 6.45) is 3.35. The van der Waals surface area contributed by atoms with Crippen LogP contribution < -0.4 is 14.2 Å². The first-order valence-corrected chi connectivity index (χ1v) is 14.1. The molecule has 0 saturated heterocycles. The number of hydrogen-bond acceptors (Lipinski definition) is 8. The minimum absolute atomic E-state index is 0.0145. The van der Waals surface area contributed by atoms with E-state index in [4.69, 9.17) is 9.47 Å². The summed E-state index contributed by atoms with van der Waals surface area (Å²) in [5.74, 6) is 1.40. The van der Waals surface area contributed by atoms with Gasteiger partial charge in [-0.25, -0.2) is 18.4 Å². The van der Waals surface area contributed by atoms with Gasteiger partial charge in [0.25, 0.3) is 0 Å². The fourth-order valence-electron chi connectivity index (χ4n) is 4.34. The van der Waals surface area contributed by atoms with Crippen LogP contribution in [0.3, 0.4) is 0 Å². The summed E-state index contributed by atoms with van der Waals surface area (Å²) in [4.78, 5) is 8.66. The van der Waals surface area contributed by atoms with Crippen molar-refractivity contribution < 1.29 is 17.9 Å². The van der Waals surface area contributed by atoms with E-state index in [1.54, 1.807) is 63.2 Å². The molecule has 1 N–H and O–H groups in total. The molecule has 39 heavy (non-hydrogen) atoms. The van der Waals surface area contributed by atoms with Gasteiger partial charge in [0, 0.05) is 18.3 Å². The summed E-state index contributed by atoms with van der Waals surface area (Å²) in [6, 6.07) is 15.2. The van der Waals surface area contributed by atoms with E-state index in [2.05, 4.69) is 24.9 Å². The third-order valence-electron chi connectivity index (χ3n) is 6.98. The normalized spacial score (nSPS) is 13.5. The van der Waals surface area contributed by atoms with E-state index in [9.17, 15) is 8.42 Å². The van der Waals surface area contributed by atoms with E-state index in [1.165, 1.54) is 0 Å². The monoisotopic (exact) mass is 550 g/mol. The van der Waals surface area contributed by atoms with Crippen molar-refractivity contribution in [2.24, 2.45) is 0 Å². The first-order valence-electron chi connectivity index (χ1n) is 12.5. The van der Waals surface area contributed by atoms with Crippen molar-refractivity contribution in [3.05, 3.63) is 83.7 Å². The van der Waals surface area contributed by atoms with Gasteiger partial charge in [-0.3, -0.25) is 9.29 Å². The largest absolute Gasteiger partial charge is 0.494 e. The Morgan fingerprint density at radius 1 is 0.897 bits per heavy atom. The van der Waals surface area contributed by atoms with Crippen LogP contribution >= 0.6 is 0 Å². The molecule has 10 nitrogen and oxygen atoms in total. The summed E-state index contributed by atoms with van der Waals surface area (Å²) in [6.45, 7) is 9.29. The fraction of sp³-hybridized carbons (Fsp3) is 0.357. The molecule has 11 heteroatoms. The third-order valence-corrected chi connectivity index (χ3v) is 8.83. The summed E-state index contributed by atoms with van der Waals surface area (Å²) in [7, 11) is -0.889. The average Bonchev–Trinajstić information content (AvgIpc) is 3.35. The highest BCUT2D eigenvalue weighted by atomic mass is 32.2. The molecule has 0 aliphatic heterocycles. The van der Waals surface area contributed by atoms with Gasteiger partial charge < -0.3 is 9.47 Å². The second kappa shape index (κ2) is 11.0. The van der Waals surface area contributed by atoms with Crippen LogP contribution in [-0.2, 0) is 15.4 Å². The van der Waals surface area contributed by atoms with Gasteiger partial charge in [-0.2, -0.15) is 0 Å². The van der Waals surface area contributed by atoms with Gasteiger partial charge in [0.2, 0.25) is 16.0 Å². The first-order chi connectivity index (χ1) is 18.5. The van der Waals surface area contributed by atoms with Crippen molar-refractivity contribution in [2.75, 3.05) is 18.9 Å². The van der Waals surface area contributed by atoms with Crippen LogP contribution in [0.2, 0.25) is 0 Å². The Morgan fingerprint density at radius 2 is 1.49 bits per heavy atom. The molecule has 0 bridgehead atoms. The van der Waals surface area contributed by atoms with Crippen LogP contribution in [0, 0.1) is 6.92 Å². The van der Waals surface area contributed by atoms with Crippen LogP contribution in [0.4, 0.5) is 5.95 Å². The van der Waals surface area contributed by atoms with Crippen LogP contribution in [0.1, 0.15) is 56.4 Å². The van der Waals surface area contributed by atoms with Crippen molar-refractivity contribution >= 4 is 16.0 Å². The number of nitrogens with zero attached hydrogens (tertiary/aromatic N) is 5. The van der Waals surface area contributed by atoms with E-state index >= 15 is 0 Å². The minimum Gasteiger partial charge on any atom is -0.494 e. The molecule has 2 heterocycles. The standard InChI is InChI=1S/C28H34N6O4S/c1-18-16-29-25(30-17-18)19(2)20(3)39(35,36)33-27-32-31-26(28(4,5)21-12-9-8-10-13-21)34(27)24-22(37-6)14-11-15-23(24)38-7/h8-17,19-20H,1-7H3,(H,32,33)/t19-,20-/m0/s1. The van der Waals surface area contributed by atoms with E-state index in [-0.39, 0.29) is 5.95 Å². The number of aryl methyl sites for hydroxylation is 1. The molecule has 2 aromatic heterocycles. The predicted molar refractivity (Wildman–Crippen MR) is 150 cm³/mol. The van der Waals surface area contributed by atoms with Crippen molar-refractivity contribution in [3.63, 3.8) is 0 Å². The molecule has 0 aliphatic rings. The molecule has 206 valence electrons. The average molecular weight is 551 g/mol. The zero-order chi connectivity index (χ0) is 28.4. The summed E-state index contributed by atoms with van der Waals surface area (Å²) in [5.41, 5.74) is 1.68. The zero-order valence-electron chi connectivity index (χ0n) is 23.2. The number of rotatable bonds is 10. The lowest BCUT2D eigenvalue weighted by molar-refractivity contribution is 0.389. The highest BCUT2D eigenvalue weighted by Crippen LogP contribution is 2.40. The fourth-order valence-corrected chi connectivity index (χ4v) is 5.57. The van der Waals surface area contributed by atoms with Gasteiger partial charge in [0.1, 0.15) is 28.8 Å². The topological polar surface area (TPSA) is 121 Å². The Kier molecular flexibility index (Phi) is 7.91. The second-order valence-corrected chi connectivity index (χ2v) is 12.0. The van der Waals surface area contributed by atoms with Gasteiger partial charge >= 0.3 is 0 Å². The highest BCUT2D eigenvalue weighted by Gasteiger charge is 2.36. The molecule has 0 radical (unpaired) electrons. The van der Waals surface area contributed by atoms with Crippen LogP contribution in [-0.4, -0.2) is 52.6 Å². The molecular weight excluding hydrogens is 516 g/mol. The number of nitrogens with one attached hydrogen (secondary N) is 1. The summed E-state index contributed by atoms with van der Waals surface area (Å²) >= 11 is 0. The van der Waals surface area contributed by atoms with Gasteiger partial charge in [-0.1, -0.05) is 43.3 Å². The molecule has 4 aromatic rings. The maximum Gasteiger partial charge on any atom is 0.243 e. The van der Waals surface area contributed by atoms with Crippen molar-refractivity contribution in [2.45, 2.75) is 51.2 Å². The number of anilines is 1. The van der Waals surface area contributed by atoms with Crippen LogP contribution in [0.25, 0.3) is 5.69 Å². The number of hydrogen-bond donors (Lipinski definition) is 1. The Labute approximate surface area is 229 Å². The molecule has 2 atom stereocenters. The number of methoxy groups -OCH3 is 2. The minimum atomic E-state index is -3.97. The molecule has 0 saturated carbocycles. The molecule has 2 aromatic carbocycles. The lowest BCUT2D eigenvalue weighted by atomic mass is 9.83. The predicted octanol–water partition coefficient (Wildman–Crippen LogP) is 4.64.